The number of hydrogen-bond donors (Lipinski definition) is 2. The first-order chi connectivity index (χ1) is 12.1. The van der Waals surface area contributed by atoms with Gasteiger partial charge in [0, 0.05) is 25.6 Å². The summed E-state index contributed by atoms with van der Waals surface area (Å²) in [5.74, 6) is -0.0804. The van der Waals surface area contributed by atoms with Crippen molar-refractivity contribution in [3.05, 3.63) is 46.5 Å². The highest BCUT2D eigenvalue weighted by atomic mass is 35.5. The Bertz CT molecular complexity index is 711. The van der Waals surface area contributed by atoms with Gasteiger partial charge in [0.2, 0.25) is 5.91 Å². The number of carbonyl (C=O) groups is 1. The van der Waals surface area contributed by atoms with Gasteiger partial charge in [-0.3, -0.25) is 4.79 Å². The lowest BCUT2D eigenvalue weighted by Gasteiger charge is -2.25. The molecule has 0 spiro atoms. The quantitative estimate of drug-likeness (QED) is 0.816. The number of nitrogens with one attached hydrogen (secondary N) is 2. The molecule has 25 heavy (non-hydrogen) atoms. The van der Waals surface area contributed by atoms with Crippen molar-refractivity contribution in [2.24, 2.45) is 0 Å². The van der Waals surface area contributed by atoms with Crippen LogP contribution in [0.25, 0.3) is 0 Å². The lowest BCUT2D eigenvalue weighted by Crippen LogP contribution is -2.39. The Balaban J connectivity index is 1.65. The molecule has 1 unspecified atom stereocenters. The van der Waals surface area contributed by atoms with Crippen LogP contribution >= 0.6 is 23.2 Å². The van der Waals surface area contributed by atoms with E-state index in [0.717, 1.165) is 18.7 Å². The number of carbonyl (C=O) groups excluding carboxylic acids is 1. The van der Waals surface area contributed by atoms with Crippen LogP contribution in [0.2, 0.25) is 10.0 Å². The molecule has 1 aliphatic rings. The molecule has 2 N–H and O–H groups in total. The minimum atomic E-state index is -0.160. The SMILES string of the molecule is O=C(Cn1cncn1)NC[C@H]1OCCNCC1c1ccc(Cl)c(Cl)c1. The molecule has 9 heteroatoms. The van der Waals surface area contributed by atoms with Gasteiger partial charge in [-0.1, -0.05) is 29.3 Å². The number of benzene rings is 1. The average Bonchev–Trinajstić information content (AvgIpc) is 2.98. The normalized spacial score (nSPS) is 20.9. The van der Waals surface area contributed by atoms with Crippen LogP contribution in [0.15, 0.2) is 30.9 Å². The molecule has 1 aromatic heterocycles. The number of rotatable bonds is 5. The first-order valence-electron chi connectivity index (χ1n) is 8.00. The Morgan fingerprint density at radius 1 is 1.40 bits per heavy atom. The summed E-state index contributed by atoms with van der Waals surface area (Å²) < 4.78 is 7.41. The molecule has 0 aliphatic carbocycles. The van der Waals surface area contributed by atoms with E-state index in [-0.39, 0.29) is 24.5 Å². The molecule has 1 amide bonds. The molecule has 1 saturated heterocycles. The zero-order chi connectivity index (χ0) is 17.6. The lowest BCUT2D eigenvalue weighted by molar-refractivity contribution is -0.122. The zero-order valence-electron chi connectivity index (χ0n) is 13.5. The van der Waals surface area contributed by atoms with Crippen molar-refractivity contribution in [1.82, 2.24) is 25.4 Å². The third-order valence-electron chi connectivity index (χ3n) is 4.07. The average molecular weight is 384 g/mol. The molecule has 2 aromatic rings. The molecule has 3 rings (SSSR count). The fourth-order valence-electron chi connectivity index (χ4n) is 2.80. The van der Waals surface area contributed by atoms with E-state index in [1.54, 1.807) is 6.07 Å². The van der Waals surface area contributed by atoms with Crippen molar-refractivity contribution in [2.45, 2.75) is 18.6 Å². The van der Waals surface area contributed by atoms with E-state index in [0.29, 0.717) is 23.2 Å². The highest BCUT2D eigenvalue weighted by Crippen LogP contribution is 2.29. The van der Waals surface area contributed by atoms with Gasteiger partial charge >= 0.3 is 0 Å². The molecular formula is C16H19Cl2N5O2. The van der Waals surface area contributed by atoms with Gasteiger partial charge < -0.3 is 15.4 Å². The standard InChI is InChI=1S/C16H19Cl2N5O2/c17-13-2-1-11(5-14(13)18)12-6-19-3-4-25-15(12)7-21-16(24)8-23-10-20-9-22-23/h1-2,5,9-10,12,15,19H,3-4,6-8H2,(H,21,24)/t12?,15-/m1/s1. The summed E-state index contributed by atoms with van der Waals surface area (Å²) in [7, 11) is 0. The number of amides is 1. The maximum atomic E-state index is 12.1. The third-order valence-corrected chi connectivity index (χ3v) is 4.81. The largest absolute Gasteiger partial charge is 0.374 e. The summed E-state index contributed by atoms with van der Waals surface area (Å²) in [5.41, 5.74) is 1.03. The molecule has 1 fully saturated rings. The molecule has 7 nitrogen and oxygen atoms in total. The number of ether oxygens (including phenoxy) is 1. The van der Waals surface area contributed by atoms with E-state index in [4.69, 9.17) is 27.9 Å². The second-order valence-electron chi connectivity index (χ2n) is 5.79. The number of halogens is 2. The monoisotopic (exact) mass is 383 g/mol. The van der Waals surface area contributed by atoms with Gasteiger partial charge in [-0.05, 0) is 17.7 Å². The summed E-state index contributed by atoms with van der Waals surface area (Å²) in [6.07, 6.45) is 2.74. The van der Waals surface area contributed by atoms with E-state index in [1.807, 2.05) is 12.1 Å². The Morgan fingerprint density at radius 3 is 3.04 bits per heavy atom. The van der Waals surface area contributed by atoms with Crippen LogP contribution < -0.4 is 10.6 Å². The maximum absolute atomic E-state index is 12.1. The van der Waals surface area contributed by atoms with E-state index >= 15 is 0 Å². The number of aromatic nitrogens is 3. The van der Waals surface area contributed by atoms with Crippen LogP contribution in [0.5, 0.6) is 0 Å². The molecular weight excluding hydrogens is 365 g/mol. The van der Waals surface area contributed by atoms with E-state index in [9.17, 15) is 4.79 Å². The Kier molecular flexibility index (Phi) is 6.25. The van der Waals surface area contributed by atoms with Gasteiger partial charge in [-0.2, -0.15) is 5.10 Å². The van der Waals surface area contributed by atoms with Gasteiger partial charge in [-0.15, -0.1) is 0 Å². The van der Waals surface area contributed by atoms with Crippen LogP contribution in [-0.4, -0.2) is 53.0 Å². The van der Waals surface area contributed by atoms with Gasteiger partial charge in [0.1, 0.15) is 19.2 Å². The molecule has 1 aliphatic heterocycles. The minimum absolute atomic E-state index is 0.0592. The highest BCUT2D eigenvalue weighted by Gasteiger charge is 2.27. The van der Waals surface area contributed by atoms with Crippen molar-refractivity contribution in [3.63, 3.8) is 0 Å². The maximum Gasteiger partial charge on any atom is 0.241 e. The van der Waals surface area contributed by atoms with Gasteiger partial charge in [-0.25, -0.2) is 9.67 Å². The number of nitrogens with zero attached hydrogens (tertiary/aromatic N) is 3. The summed E-state index contributed by atoms with van der Waals surface area (Å²) >= 11 is 12.2. The van der Waals surface area contributed by atoms with Gasteiger partial charge in [0.15, 0.2) is 0 Å². The van der Waals surface area contributed by atoms with Crippen LogP contribution in [0.3, 0.4) is 0 Å². The predicted octanol–water partition coefficient (Wildman–Crippen LogP) is 1.47. The van der Waals surface area contributed by atoms with Crippen molar-refractivity contribution in [3.8, 4) is 0 Å². The van der Waals surface area contributed by atoms with Crippen LogP contribution in [0.1, 0.15) is 11.5 Å². The molecule has 0 radical (unpaired) electrons. The first kappa shape index (κ1) is 18.1. The van der Waals surface area contributed by atoms with E-state index in [2.05, 4.69) is 20.7 Å². The first-order valence-corrected chi connectivity index (χ1v) is 8.75. The lowest BCUT2D eigenvalue weighted by atomic mass is 9.93. The summed E-state index contributed by atoms with van der Waals surface area (Å²) in [6.45, 7) is 2.62. The molecule has 2 atom stereocenters. The summed E-state index contributed by atoms with van der Waals surface area (Å²) in [6, 6.07) is 5.58. The third kappa shape index (κ3) is 4.92. The van der Waals surface area contributed by atoms with Crippen molar-refractivity contribution < 1.29 is 9.53 Å². The second kappa shape index (κ2) is 8.62. The molecule has 1 aromatic carbocycles. The minimum Gasteiger partial charge on any atom is -0.374 e. The predicted molar refractivity (Wildman–Crippen MR) is 94.8 cm³/mol. The Labute approximate surface area is 155 Å². The highest BCUT2D eigenvalue weighted by molar-refractivity contribution is 6.42. The molecule has 0 bridgehead atoms. The van der Waals surface area contributed by atoms with E-state index < -0.39 is 0 Å². The van der Waals surface area contributed by atoms with Crippen LogP contribution in [-0.2, 0) is 16.1 Å². The summed E-state index contributed by atoms with van der Waals surface area (Å²) in [4.78, 5) is 15.9. The zero-order valence-corrected chi connectivity index (χ0v) is 15.0. The smallest absolute Gasteiger partial charge is 0.241 e. The fraction of sp³-hybridized carbons (Fsp3) is 0.438. The fourth-order valence-corrected chi connectivity index (χ4v) is 3.10. The second-order valence-corrected chi connectivity index (χ2v) is 6.60. The van der Waals surface area contributed by atoms with E-state index in [1.165, 1.54) is 17.3 Å². The van der Waals surface area contributed by atoms with Crippen LogP contribution in [0.4, 0.5) is 0 Å². The Morgan fingerprint density at radius 2 is 2.28 bits per heavy atom. The van der Waals surface area contributed by atoms with Crippen molar-refractivity contribution in [1.29, 1.82) is 0 Å². The topological polar surface area (TPSA) is 81.1 Å². The number of hydrogen-bond acceptors (Lipinski definition) is 5. The Hall–Kier alpha value is -1.67. The van der Waals surface area contributed by atoms with Crippen LogP contribution in [0, 0.1) is 0 Å². The molecule has 134 valence electrons. The van der Waals surface area contributed by atoms with Gasteiger partial charge in [0.05, 0.1) is 22.8 Å². The van der Waals surface area contributed by atoms with Gasteiger partial charge in [0.25, 0.3) is 0 Å². The summed E-state index contributed by atoms with van der Waals surface area (Å²) in [5, 5.41) is 11.2. The molecule has 0 saturated carbocycles. The van der Waals surface area contributed by atoms with Crippen molar-refractivity contribution >= 4 is 29.1 Å². The van der Waals surface area contributed by atoms with Crippen molar-refractivity contribution in [2.75, 3.05) is 26.2 Å². The molecule has 2 heterocycles.